The molecular weight excluding hydrogens is 222 g/mol. The molecule has 1 aliphatic heterocycles. The fraction of sp³-hybridized carbons (Fsp3) is 0.500. The lowest BCUT2D eigenvalue weighted by atomic mass is 9.93. The molecule has 1 heterocycles. The minimum absolute atomic E-state index is 0.416. The maximum absolute atomic E-state index is 5.55. The highest BCUT2D eigenvalue weighted by molar-refractivity contribution is 5.27. The first-order valence-corrected chi connectivity index (χ1v) is 6.56. The van der Waals surface area contributed by atoms with Gasteiger partial charge in [-0.05, 0) is 37.5 Å². The van der Waals surface area contributed by atoms with Crippen molar-refractivity contribution in [1.29, 1.82) is 0 Å². The Morgan fingerprint density at radius 3 is 2.67 bits per heavy atom. The second-order valence-electron chi connectivity index (χ2n) is 5.07. The van der Waals surface area contributed by atoms with E-state index in [9.17, 15) is 0 Å². The quantitative estimate of drug-likeness (QED) is 0.757. The third kappa shape index (κ3) is 3.05. The molecule has 2 nitrogen and oxygen atoms in total. The normalized spacial score (nSPS) is 24.5. The van der Waals surface area contributed by atoms with Crippen LogP contribution in [0, 0.1) is 18.3 Å². The molecule has 0 bridgehead atoms. The van der Waals surface area contributed by atoms with Gasteiger partial charge in [-0.25, -0.2) is 0 Å². The van der Waals surface area contributed by atoms with E-state index in [1.165, 1.54) is 12.0 Å². The van der Waals surface area contributed by atoms with E-state index in [1.54, 1.807) is 7.11 Å². The van der Waals surface area contributed by atoms with Gasteiger partial charge in [-0.3, -0.25) is 4.90 Å². The Morgan fingerprint density at radius 1 is 1.33 bits per heavy atom. The summed E-state index contributed by atoms with van der Waals surface area (Å²) < 4.78 is 5.17. The molecule has 96 valence electrons. The van der Waals surface area contributed by atoms with Crippen LogP contribution in [0.4, 0.5) is 0 Å². The molecule has 1 fully saturated rings. The number of piperidine rings is 1. The van der Waals surface area contributed by atoms with Crippen LogP contribution < -0.4 is 4.74 Å². The van der Waals surface area contributed by atoms with Gasteiger partial charge in [0.05, 0.1) is 7.11 Å². The fourth-order valence-corrected chi connectivity index (χ4v) is 2.50. The number of methoxy groups -OCH3 is 1. The molecule has 0 spiro atoms. The van der Waals surface area contributed by atoms with Gasteiger partial charge in [-0.2, -0.15) is 0 Å². The Bertz CT molecular complexity index is 418. The van der Waals surface area contributed by atoms with Gasteiger partial charge in [-0.1, -0.05) is 12.1 Å². The van der Waals surface area contributed by atoms with Gasteiger partial charge in [0, 0.05) is 25.0 Å². The number of hydrogen-bond acceptors (Lipinski definition) is 2. The molecule has 1 saturated heterocycles. The van der Waals surface area contributed by atoms with Crippen molar-refractivity contribution in [3.05, 3.63) is 29.8 Å². The number of likely N-dealkylation sites (tertiary alicyclic amines) is 1. The van der Waals surface area contributed by atoms with Gasteiger partial charge in [0.25, 0.3) is 0 Å². The second-order valence-corrected chi connectivity index (χ2v) is 5.07. The molecule has 0 amide bonds. The maximum atomic E-state index is 5.55. The first kappa shape index (κ1) is 13.0. The van der Waals surface area contributed by atoms with E-state index in [0.717, 1.165) is 25.3 Å². The number of hydrogen-bond donors (Lipinski definition) is 0. The summed E-state index contributed by atoms with van der Waals surface area (Å²) in [6.07, 6.45) is 7.91. The molecule has 2 rings (SSSR count). The van der Waals surface area contributed by atoms with E-state index in [1.807, 2.05) is 12.1 Å². The largest absolute Gasteiger partial charge is 0.497 e. The predicted octanol–water partition coefficient (Wildman–Crippen LogP) is 2.93. The van der Waals surface area contributed by atoms with Crippen molar-refractivity contribution in [2.75, 3.05) is 13.7 Å². The van der Waals surface area contributed by atoms with Gasteiger partial charge < -0.3 is 4.74 Å². The van der Waals surface area contributed by atoms with Crippen molar-refractivity contribution in [2.24, 2.45) is 5.92 Å². The third-order valence-electron chi connectivity index (χ3n) is 3.79. The zero-order valence-electron chi connectivity index (χ0n) is 11.2. The molecule has 2 heteroatoms. The Balaban J connectivity index is 2.00. The molecular formula is C16H21NO. The third-order valence-corrected chi connectivity index (χ3v) is 3.79. The van der Waals surface area contributed by atoms with Crippen LogP contribution in [0.3, 0.4) is 0 Å². The Labute approximate surface area is 110 Å². The molecule has 1 aliphatic rings. The van der Waals surface area contributed by atoms with Crippen LogP contribution in [0.2, 0.25) is 0 Å². The summed E-state index contributed by atoms with van der Waals surface area (Å²) in [5.41, 5.74) is 1.32. The minimum Gasteiger partial charge on any atom is -0.497 e. The Kier molecular flexibility index (Phi) is 4.28. The highest BCUT2D eigenvalue weighted by atomic mass is 16.5. The zero-order valence-corrected chi connectivity index (χ0v) is 11.2. The molecule has 0 aliphatic carbocycles. The second kappa shape index (κ2) is 5.93. The SMILES string of the molecule is C#CC1CC[C@@H](C)N(Cc2ccc(OC)cc2)C1. The van der Waals surface area contributed by atoms with Crippen molar-refractivity contribution in [1.82, 2.24) is 4.90 Å². The van der Waals surface area contributed by atoms with Crippen LogP contribution in [0.1, 0.15) is 25.3 Å². The highest BCUT2D eigenvalue weighted by Crippen LogP contribution is 2.23. The summed E-state index contributed by atoms with van der Waals surface area (Å²) in [5.74, 6) is 4.22. The van der Waals surface area contributed by atoms with E-state index in [2.05, 4.69) is 29.9 Å². The monoisotopic (exact) mass is 243 g/mol. The molecule has 0 N–H and O–H groups in total. The summed E-state index contributed by atoms with van der Waals surface area (Å²) in [6, 6.07) is 8.91. The fourth-order valence-electron chi connectivity index (χ4n) is 2.50. The maximum Gasteiger partial charge on any atom is 0.118 e. The van der Waals surface area contributed by atoms with E-state index in [0.29, 0.717) is 12.0 Å². The predicted molar refractivity (Wildman–Crippen MR) is 74.4 cm³/mol. The first-order chi connectivity index (χ1) is 8.72. The molecule has 1 unspecified atom stereocenters. The lowest BCUT2D eigenvalue weighted by Gasteiger charge is -2.36. The van der Waals surface area contributed by atoms with Gasteiger partial charge >= 0.3 is 0 Å². The van der Waals surface area contributed by atoms with Crippen LogP contribution in [-0.4, -0.2) is 24.6 Å². The van der Waals surface area contributed by atoms with E-state index >= 15 is 0 Å². The molecule has 0 radical (unpaired) electrons. The first-order valence-electron chi connectivity index (χ1n) is 6.56. The number of ether oxygens (including phenoxy) is 1. The number of benzene rings is 1. The molecule has 1 aromatic rings. The Morgan fingerprint density at radius 2 is 2.06 bits per heavy atom. The van der Waals surface area contributed by atoms with Crippen molar-refractivity contribution < 1.29 is 4.74 Å². The number of nitrogens with zero attached hydrogens (tertiary/aromatic N) is 1. The van der Waals surface area contributed by atoms with Crippen molar-refractivity contribution >= 4 is 0 Å². The van der Waals surface area contributed by atoms with Crippen molar-refractivity contribution in [3.8, 4) is 18.1 Å². The molecule has 0 aromatic heterocycles. The summed E-state index contributed by atoms with van der Waals surface area (Å²) in [7, 11) is 1.69. The highest BCUT2D eigenvalue weighted by Gasteiger charge is 2.23. The number of terminal acetylenes is 1. The van der Waals surface area contributed by atoms with Gasteiger partial charge in [0.2, 0.25) is 0 Å². The van der Waals surface area contributed by atoms with Crippen LogP contribution in [-0.2, 0) is 6.54 Å². The smallest absolute Gasteiger partial charge is 0.118 e. The molecule has 0 saturated carbocycles. The summed E-state index contributed by atoms with van der Waals surface area (Å²) in [5, 5.41) is 0. The summed E-state index contributed by atoms with van der Waals surface area (Å²) >= 11 is 0. The molecule has 18 heavy (non-hydrogen) atoms. The van der Waals surface area contributed by atoms with E-state index in [-0.39, 0.29) is 0 Å². The standard InChI is InChI=1S/C16H21NO/c1-4-14-6-5-13(2)17(11-14)12-15-7-9-16(18-3)10-8-15/h1,7-10,13-14H,5-6,11-12H2,2-3H3/t13-,14?/m1/s1. The van der Waals surface area contributed by atoms with Crippen LogP contribution in [0.25, 0.3) is 0 Å². The minimum atomic E-state index is 0.416. The number of rotatable bonds is 3. The van der Waals surface area contributed by atoms with E-state index in [4.69, 9.17) is 11.2 Å². The van der Waals surface area contributed by atoms with Crippen molar-refractivity contribution in [3.63, 3.8) is 0 Å². The van der Waals surface area contributed by atoms with Gasteiger partial charge in [-0.15, -0.1) is 12.3 Å². The lowest BCUT2D eigenvalue weighted by molar-refractivity contribution is 0.130. The van der Waals surface area contributed by atoms with Crippen LogP contribution in [0.5, 0.6) is 5.75 Å². The van der Waals surface area contributed by atoms with Crippen LogP contribution >= 0.6 is 0 Å². The van der Waals surface area contributed by atoms with Gasteiger partial charge in [0.15, 0.2) is 0 Å². The molecule has 1 aromatic carbocycles. The average molecular weight is 243 g/mol. The van der Waals surface area contributed by atoms with E-state index < -0.39 is 0 Å². The summed E-state index contributed by atoms with van der Waals surface area (Å²) in [4.78, 5) is 2.48. The molecule has 2 atom stereocenters. The van der Waals surface area contributed by atoms with Crippen molar-refractivity contribution in [2.45, 2.75) is 32.4 Å². The van der Waals surface area contributed by atoms with Gasteiger partial charge in [0.1, 0.15) is 5.75 Å². The average Bonchev–Trinajstić information content (AvgIpc) is 2.42. The topological polar surface area (TPSA) is 12.5 Å². The lowest BCUT2D eigenvalue weighted by Crippen LogP contribution is -2.40. The summed E-state index contributed by atoms with van der Waals surface area (Å²) in [6.45, 7) is 4.28. The Hall–Kier alpha value is -1.46. The zero-order chi connectivity index (χ0) is 13.0. The van der Waals surface area contributed by atoms with Crippen LogP contribution in [0.15, 0.2) is 24.3 Å².